The lowest BCUT2D eigenvalue weighted by Crippen LogP contribution is -2.26. The van der Waals surface area contributed by atoms with Crippen molar-refractivity contribution in [3.8, 4) is 11.3 Å². The number of carbonyl (C=O) groups is 2. The van der Waals surface area contributed by atoms with Gasteiger partial charge in [-0.2, -0.15) is 5.10 Å². The number of aryl methyl sites for hydroxylation is 1. The molecule has 0 atom stereocenters. The number of esters is 1. The highest BCUT2D eigenvalue weighted by Gasteiger charge is 2.15. The Morgan fingerprint density at radius 1 is 1.13 bits per heavy atom. The maximum absolute atomic E-state index is 14.2. The summed E-state index contributed by atoms with van der Waals surface area (Å²) in [4.78, 5) is 24.3. The summed E-state index contributed by atoms with van der Waals surface area (Å²) in [5, 5.41) is 6.97. The molecule has 0 fully saturated rings. The molecule has 0 aliphatic carbocycles. The second kappa shape index (κ2) is 10.5. The summed E-state index contributed by atoms with van der Waals surface area (Å²) < 4.78 is 26.1. The van der Waals surface area contributed by atoms with Gasteiger partial charge in [0.2, 0.25) is 0 Å². The fourth-order valence-corrected chi connectivity index (χ4v) is 3.09. The van der Waals surface area contributed by atoms with Crippen LogP contribution in [-0.2, 0) is 34.5 Å². The number of rotatable bonds is 9. The van der Waals surface area contributed by atoms with Crippen LogP contribution < -0.4 is 5.32 Å². The van der Waals surface area contributed by atoms with Crippen molar-refractivity contribution < 1.29 is 23.5 Å². The average molecular weight is 425 g/mol. The third-order valence-corrected chi connectivity index (χ3v) is 4.50. The maximum atomic E-state index is 14.2. The van der Waals surface area contributed by atoms with Crippen LogP contribution in [0, 0.1) is 5.82 Å². The zero-order chi connectivity index (χ0) is 22.2. The molecule has 0 aliphatic heterocycles. The summed E-state index contributed by atoms with van der Waals surface area (Å²) in [7, 11) is 3.32. The van der Waals surface area contributed by atoms with Gasteiger partial charge in [-0.05, 0) is 23.8 Å². The zero-order valence-corrected chi connectivity index (χ0v) is 17.4. The normalized spacial score (nSPS) is 10.7. The molecular weight excluding hydrogens is 401 g/mol. The first-order valence-electron chi connectivity index (χ1n) is 9.76. The number of methoxy groups -OCH3 is 1. The highest BCUT2D eigenvalue weighted by atomic mass is 19.1. The fraction of sp³-hybridized carbons (Fsp3) is 0.261. The van der Waals surface area contributed by atoms with Crippen LogP contribution in [0.5, 0.6) is 0 Å². The molecule has 3 aromatic rings. The Labute approximate surface area is 179 Å². The number of nitrogens with zero attached hydrogens (tertiary/aromatic N) is 2. The van der Waals surface area contributed by atoms with Crippen molar-refractivity contribution in [1.29, 1.82) is 0 Å². The second-order valence-corrected chi connectivity index (χ2v) is 6.99. The molecule has 8 heteroatoms. The van der Waals surface area contributed by atoms with Crippen molar-refractivity contribution in [3.05, 3.63) is 77.2 Å². The first-order chi connectivity index (χ1) is 15.0. The number of hydrogen-bond donors (Lipinski definition) is 1. The van der Waals surface area contributed by atoms with Crippen LogP contribution in [0.3, 0.4) is 0 Å². The van der Waals surface area contributed by atoms with Crippen molar-refractivity contribution >= 4 is 11.9 Å². The predicted molar refractivity (Wildman–Crippen MR) is 113 cm³/mol. The molecule has 0 spiro atoms. The molecule has 0 saturated heterocycles. The zero-order valence-electron chi connectivity index (χ0n) is 17.4. The van der Waals surface area contributed by atoms with E-state index in [2.05, 4.69) is 10.4 Å². The second-order valence-electron chi connectivity index (χ2n) is 6.99. The molecule has 2 aromatic carbocycles. The third-order valence-electron chi connectivity index (χ3n) is 4.50. The fourth-order valence-electron chi connectivity index (χ4n) is 3.09. The molecule has 7 nitrogen and oxygen atoms in total. The Morgan fingerprint density at radius 3 is 2.65 bits per heavy atom. The van der Waals surface area contributed by atoms with Crippen molar-refractivity contribution in [1.82, 2.24) is 15.1 Å². The molecule has 0 bridgehead atoms. The Hall–Kier alpha value is -3.52. The Morgan fingerprint density at radius 2 is 1.90 bits per heavy atom. The number of amides is 1. The first kappa shape index (κ1) is 22.2. The molecule has 0 unspecified atom stereocenters. The smallest absolute Gasteiger partial charge is 0.307 e. The molecule has 1 N–H and O–H groups in total. The summed E-state index contributed by atoms with van der Waals surface area (Å²) in [5.41, 5.74) is 2.82. The van der Waals surface area contributed by atoms with E-state index < -0.39 is 17.7 Å². The van der Waals surface area contributed by atoms with E-state index in [4.69, 9.17) is 9.47 Å². The van der Waals surface area contributed by atoms with E-state index in [9.17, 15) is 14.0 Å². The summed E-state index contributed by atoms with van der Waals surface area (Å²) in [5.74, 6) is -1.47. The summed E-state index contributed by atoms with van der Waals surface area (Å²) in [6.07, 6.45) is 1.80. The molecule has 0 radical (unpaired) electrons. The van der Waals surface area contributed by atoms with Crippen molar-refractivity contribution in [2.24, 2.45) is 7.05 Å². The van der Waals surface area contributed by atoms with Gasteiger partial charge in [-0.25, -0.2) is 4.39 Å². The number of carbonyl (C=O) groups excluding carboxylic acids is 2. The van der Waals surface area contributed by atoms with E-state index in [-0.39, 0.29) is 25.1 Å². The molecule has 1 aromatic heterocycles. The van der Waals surface area contributed by atoms with E-state index in [0.717, 1.165) is 17.2 Å². The average Bonchev–Trinajstić information content (AvgIpc) is 3.13. The Kier molecular flexibility index (Phi) is 7.50. The topological polar surface area (TPSA) is 82.5 Å². The van der Waals surface area contributed by atoms with Gasteiger partial charge >= 0.3 is 5.97 Å². The van der Waals surface area contributed by atoms with Crippen molar-refractivity contribution in [2.75, 3.05) is 13.7 Å². The first-order valence-corrected chi connectivity index (χ1v) is 9.76. The monoisotopic (exact) mass is 425 g/mol. The highest BCUT2D eigenvalue weighted by Crippen LogP contribution is 2.25. The van der Waals surface area contributed by atoms with Gasteiger partial charge in [0, 0.05) is 43.6 Å². The molecule has 1 amide bonds. The van der Waals surface area contributed by atoms with Crippen LogP contribution >= 0.6 is 0 Å². The van der Waals surface area contributed by atoms with Gasteiger partial charge in [0.15, 0.2) is 0 Å². The molecule has 31 heavy (non-hydrogen) atoms. The molecular formula is C23H24FN3O4. The van der Waals surface area contributed by atoms with Crippen LogP contribution in [0.1, 0.15) is 27.9 Å². The van der Waals surface area contributed by atoms with Crippen LogP contribution in [0.15, 0.2) is 54.7 Å². The summed E-state index contributed by atoms with van der Waals surface area (Å²) >= 11 is 0. The van der Waals surface area contributed by atoms with Crippen LogP contribution in [0.25, 0.3) is 11.3 Å². The van der Waals surface area contributed by atoms with Gasteiger partial charge in [0.05, 0.1) is 18.7 Å². The molecule has 3 rings (SSSR count). The van der Waals surface area contributed by atoms with Gasteiger partial charge in [-0.15, -0.1) is 0 Å². The standard InChI is InChI=1S/C23H24FN3O4/c1-27-13-19(15-30-2)22(26-27)17-10-18(12-20(24)11-17)23(29)25-9-8-21(28)31-14-16-6-4-3-5-7-16/h3-7,10-13H,8-9,14-15H2,1-2H3,(H,25,29). The van der Waals surface area contributed by atoms with Crippen molar-refractivity contribution in [3.63, 3.8) is 0 Å². The number of ether oxygens (including phenoxy) is 2. The van der Waals surface area contributed by atoms with Gasteiger partial charge in [0.1, 0.15) is 12.4 Å². The minimum Gasteiger partial charge on any atom is -0.461 e. The van der Waals surface area contributed by atoms with Crippen LogP contribution in [0.2, 0.25) is 0 Å². The molecule has 0 saturated carbocycles. The highest BCUT2D eigenvalue weighted by molar-refractivity contribution is 5.95. The van der Waals surface area contributed by atoms with Gasteiger partial charge in [-0.3, -0.25) is 14.3 Å². The maximum Gasteiger partial charge on any atom is 0.307 e. The van der Waals surface area contributed by atoms with E-state index in [0.29, 0.717) is 17.9 Å². The lowest BCUT2D eigenvalue weighted by atomic mass is 10.0. The minimum absolute atomic E-state index is 0.0129. The van der Waals surface area contributed by atoms with Gasteiger partial charge in [0.25, 0.3) is 5.91 Å². The van der Waals surface area contributed by atoms with E-state index >= 15 is 0 Å². The Bertz CT molecular complexity index is 1050. The largest absolute Gasteiger partial charge is 0.461 e. The van der Waals surface area contributed by atoms with Crippen LogP contribution in [0.4, 0.5) is 4.39 Å². The number of halogens is 1. The van der Waals surface area contributed by atoms with E-state index in [1.807, 2.05) is 30.3 Å². The quantitative estimate of drug-likeness (QED) is 0.532. The number of aromatic nitrogens is 2. The van der Waals surface area contributed by atoms with Crippen LogP contribution in [-0.4, -0.2) is 35.3 Å². The molecule has 0 aliphatic rings. The van der Waals surface area contributed by atoms with Crippen molar-refractivity contribution in [2.45, 2.75) is 19.6 Å². The van der Waals surface area contributed by atoms with Gasteiger partial charge in [-0.1, -0.05) is 30.3 Å². The Balaban J connectivity index is 1.59. The number of hydrogen-bond acceptors (Lipinski definition) is 5. The SMILES string of the molecule is COCc1cn(C)nc1-c1cc(F)cc(C(=O)NCCC(=O)OCc2ccccc2)c1. The third kappa shape index (κ3) is 6.23. The molecule has 1 heterocycles. The number of nitrogens with one attached hydrogen (secondary N) is 1. The predicted octanol–water partition coefficient (Wildman–Crippen LogP) is 3.24. The lowest BCUT2D eigenvalue weighted by Gasteiger charge is -2.08. The minimum atomic E-state index is -0.557. The number of benzene rings is 2. The van der Waals surface area contributed by atoms with E-state index in [1.54, 1.807) is 31.1 Å². The molecule has 162 valence electrons. The summed E-state index contributed by atoms with van der Waals surface area (Å²) in [6.45, 7) is 0.567. The summed E-state index contributed by atoms with van der Waals surface area (Å²) in [6, 6.07) is 13.3. The van der Waals surface area contributed by atoms with Gasteiger partial charge < -0.3 is 14.8 Å². The lowest BCUT2D eigenvalue weighted by molar-refractivity contribution is -0.144. The van der Waals surface area contributed by atoms with E-state index in [1.165, 1.54) is 6.07 Å².